The fraction of sp³-hybridized carbons (Fsp3) is 0.364. The van der Waals surface area contributed by atoms with Crippen LogP contribution in [-0.2, 0) is 9.47 Å². The first-order chi connectivity index (χ1) is 14.8. The Hall–Kier alpha value is -3.10. The smallest absolute Gasteiger partial charge is 0.224 e. The third-order valence-corrected chi connectivity index (χ3v) is 6.15. The number of nitrogens with one attached hydrogen (secondary N) is 2. The van der Waals surface area contributed by atoms with Crippen molar-refractivity contribution in [2.45, 2.75) is 37.5 Å². The van der Waals surface area contributed by atoms with Crippen LogP contribution in [0.25, 0.3) is 33.1 Å². The van der Waals surface area contributed by atoms with Crippen molar-refractivity contribution in [3.63, 3.8) is 0 Å². The minimum Gasteiger partial charge on any atom is -0.351 e. The summed E-state index contributed by atoms with van der Waals surface area (Å²) in [7, 11) is 0. The molecule has 2 N–H and O–H groups in total. The van der Waals surface area contributed by atoms with E-state index in [0.29, 0.717) is 25.2 Å². The molecule has 8 heteroatoms. The molecule has 8 nitrogen and oxygen atoms in total. The van der Waals surface area contributed by atoms with Gasteiger partial charge >= 0.3 is 0 Å². The van der Waals surface area contributed by atoms with Gasteiger partial charge in [0.15, 0.2) is 5.79 Å². The average molecular weight is 402 g/mol. The van der Waals surface area contributed by atoms with Gasteiger partial charge in [0.05, 0.1) is 24.9 Å². The van der Waals surface area contributed by atoms with E-state index in [2.05, 4.69) is 37.6 Å². The Balaban J connectivity index is 1.22. The van der Waals surface area contributed by atoms with E-state index in [1.165, 1.54) is 0 Å². The molecule has 1 saturated carbocycles. The van der Waals surface area contributed by atoms with Crippen LogP contribution >= 0.6 is 0 Å². The van der Waals surface area contributed by atoms with E-state index in [9.17, 15) is 0 Å². The Morgan fingerprint density at radius 2 is 1.97 bits per heavy atom. The van der Waals surface area contributed by atoms with E-state index in [0.717, 1.165) is 58.7 Å². The molecule has 4 aromatic rings. The van der Waals surface area contributed by atoms with Crippen molar-refractivity contribution in [1.29, 1.82) is 0 Å². The summed E-state index contributed by atoms with van der Waals surface area (Å²) in [5, 5.41) is 13.6. The zero-order valence-electron chi connectivity index (χ0n) is 16.5. The van der Waals surface area contributed by atoms with Gasteiger partial charge in [-0.3, -0.25) is 0 Å². The van der Waals surface area contributed by atoms with Crippen LogP contribution < -0.4 is 5.32 Å². The highest BCUT2D eigenvalue weighted by atomic mass is 16.7. The molecule has 1 aromatic carbocycles. The van der Waals surface area contributed by atoms with Crippen molar-refractivity contribution in [1.82, 2.24) is 25.1 Å². The minimum absolute atomic E-state index is 0.330. The van der Waals surface area contributed by atoms with Gasteiger partial charge in [0.25, 0.3) is 0 Å². The van der Waals surface area contributed by atoms with E-state index in [1.54, 1.807) is 6.20 Å². The predicted octanol–water partition coefficient (Wildman–Crippen LogP) is 3.67. The van der Waals surface area contributed by atoms with Gasteiger partial charge in [-0.1, -0.05) is 6.07 Å². The molecule has 30 heavy (non-hydrogen) atoms. The van der Waals surface area contributed by atoms with Gasteiger partial charge in [-0.05, 0) is 36.6 Å². The lowest BCUT2D eigenvalue weighted by atomic mass is 9.90. The number of H-pyrrole nitrogens is 1. The number of hydrogen-bond donors (Lipinski definition) is 2. The number of rotatable bonds is 3. The van der Waals surface area contributed by atoms with Crippen molar-refractivity contribution in [2.24, 2.45) is 0 Å². The highest BCUT2D eigenvalue weighted by molar-refractivity contribution is 5.96. The van der Waals surface area contributed by atoms with Crippen LogP contribution in [0.4, 0.5) is 5.95 Å². The molecule has 1 spiro atoms. The average Bonchev–Trinajstić information content (AvgIpc) is 3.42. The van der Waals surface area contributed by atoms with Crippen molar-refractivity contribution < 1.29 is 9.47 Å². The lowest BCUT2D eigenvalue weighted by Crippen LogP contribution is -2.39. The highest BCUT2D eigenvalue weighted by Crippen LogP contribution is 2.36. The Morgan fingerprint density at radius 3 is 2.83 bits per heavy atom. The molecule has 2 aliphatic rings. The summed E-state index contributed by atoms with van der Waals surface area (Å²) < 4.78 is 11.6. The first-order valence-electron chi connectivity index (χ1n) is 10.4. The molecule has 4 heterocycles. The van der Waals surface area contributed by atoms with Crippen LogP contribution in [-0.4, -0.2) is 50.2 Å². The first kappa shape index (κ1) is 17.7. The number of anilines is 1. The zero-order valence-corrected chi connectivity index (χ0v) is 16.5. The van der Waals surface area contributed by atoms with Gasteiger partial charge in [-0.15, -0.1) is 0 Å². The largest absolute Gasteiger partial charge is 0.351 e. The normalized spacial score (nSPS) is 19.1. The summed E-state index contributed by atoms with van der Waals surface area (Å²) in [6.45, 7) is 1.41. The standard InChI is InChI=1S/C22H22N6O2/c1-2-19-15(5-8-25-28-19)11-14(1)17-12-23-20-18(17)13-24-21(27-20)26-16-3-6-22(7-4-16)29-9-10-30-22/h1-2,5,8,11-13,16H,3-4,6-7,9-10H2,(H2,23,24,26,27). The summed E-state index contributed by atoms with van der Waals surface area (Å²) >= 11 is 0. The SMILES string of the molecule is c1cc2cc(-c3c[nH]c4nc(NC5CCC6(CC5)OCCO6)ncc34)ccc2nn1. The fourth-order valence-electron chi connectivity index (χ4n) is 4.54. The van der Waals surface area contributed by atoms with E-state index in [4.69, 9.17) is 14.5 Å². The second kappa shape index (κ2) is 7.00. The number of aromatic amines is 1. The third-order valence-electron chi connectivity index (χ3n) is 6.15. The fourth-order valence-corrected chi connectivity index (χ4v) is 4.54. The summed E-state index contributed by atoms with van der Waals surface area (Å²) in [6.07, 6.45) is 9.37. The number of benzene rings is 1. The highest BCUT2D eigenvalue weighted by Gasteiger charge is 2.40. The minimum atomic E-state index is -0.344. The zero-order chi connectivity index (χ0) is 20.0. The van der Waals surface area contributed by atoms with Crippen LogP contribution in [0.3, 0.4) is 0 Å². The molecule has 1 aliphatic heterocycles. The molecule has 0 unspecified atom stereocenters. The molecule has 6 rings (SSSR count). The Morgan fingerprint density at radius 1 is 1.10 bits per heavy atom. The van der Waals surface area contributed by atoms with Gasteiger partial charge in [-0.2, -0.15) is 15.2 Å². The van der Waals surface area contributed by atoms with Gasteiger partial charge in [-0.25, -0.2) is 4.98 Å². The monoisotopic (exact) mass is 402 g/mol. The molecular weight excluding hydrogens is 380 g/mol. The van der Waals surface area contributed by atoms with Crippen LogP contribution in [0.1, 0.15) is 25.7 Å². The van der Waals surface area contributed by atoms with Gasteiger partial charge in [0.1, 0.15) is 5.65 Å². The maximum absolute atomic E-state index is 5.82. The Kier molecular flexibility index (Phi) is 4.14. The van der Waals surface area contributed by atoms with E-state index < -0.39 is 0 Å². The molecule has 2 fully saturated rings. The van der Waals surface area contributed by atoms with Crippen molar-refractivity contribution >= 4 is 27.9 Å². The number of nitrogens with zero attached hydrogens (tertiary/aromatic N) is 4. The molecule has 1 saturated heterocycles. The van der Waals surface area contributed by atoms with Gasteiger partial charge in [0, 0.05) is 47.6 Å². The third kappa shape index (κ3) is 3.09. The second-order valence-corrected chi connectivity index (χ2v) is 7.99. The number of fused-ring (bicyclic) bond motifs is 2. The second-order valence-electron chi connectivity index (χ2n) is 7.99. The Bertz CT molecular complexity index is 1210. The number of ether oxygens (including phenoxy) is 2. The van der Waals surface area contributed by atoms with Crippen LogP contribution in [0.15, 0.2) is 42.9 Å². The molecule has 3 aromatic heterocycles. The van der Waals surface area contributed by atoms with Crippen LogP contribution in [0.2, 0.25) is 0 Å². The molecule has 0 bridgehead atoms. The molecule has 0 atom stereocenters. The predicted molar refractivity (Wildman–Crippen MR) is 113 cm³/mol. The molecule has 0 radical (unpaired) electrons. The van der Waals surface area contributed by atoms with E-state index in [-0.39, 0.29) is 5.79 Å². The molecule has 1 aliphatic carbocycles. The summed E-state index contributed by atoms with van der Waals surface area (Å²) in [5.74, 6) is 0.307. The maximum atomic E-state index is 5.82. The quantitative estimate of drug-likeness (QED) is 0.539. The lowest BCUT2D eigenvalue weighted by Gasteiger charge is -2.35. The van der Waals surface area contributed by atoms with Gasteiger partial charge in [0.2, 0.25) is 5.95 Å². The topological polar surface area (TPSA) is 97.8 Å². The molecule has 152 valence electrons. The number of hydrogen-bond acceptors (Lipinski definition) is 7. The van der Waals surface area contributed by atoms with E-state index in [1.807, 2.05) is 24.5 Å². The molecule has 0 amide bonds. The maximum Gasteiger partial charge on any atom is 0.224 e. The van der Waals surface area contributed by atoms with Crippen LogP contribution in [0, 0.1) is 0 Å². The lowest BCUT2D eigenvalue weighted by molar-refractivity contribution is -0.177. The Labute approximate surface area is 173 Å². The summed E-state index contributed by atoms with van der Waals surface area (Å²) in [4.78, 5) is 12.6. The number of aromatic nitrogens is 5. The van der Waals surface area contributed by atoms with Crippen molar-refractivity contribution in [2.75, 3.05) is 18.5 Å². The van der Waals surface area contributed by atoms with Crippen LogP contribution in [0.5, 0.6) is 0 Å². The van der Waals surface area contributed by atoms with Crippen molar-refractivity contribution in [3.05, 3.63) is 42.9 Å². The van der Waals surface area contributed by atoms with Crippen molar-refractivity contribution in [3.8, 4) is 11.1 Å². The van der Waals surface area contributed by atoms with E-state index >= 15 is 0 Å². The van der Waals surface area contributed by atoms with Gasteiger partial charge < -0.3 is 19.8 Å². The molecular formula is C22H22N6O2. The summed E-state index contributed by atoms with van der Waals surface area (Å²) in [5.41, 5.74) is 3.88. The first-order valence-corrected chi connectivity index (χ1v) is 10.4. The summed E-state index contributed by atoms with van der Waals surface area (Å²) in [6, 6.07) is 8.45.